The molecule has 0 aliphatic carbocycles. The van der Waals surface area contributed by atoms with Gasteiger partial charge in [-0.15, -0.1) is 0 Å². The summed E-state index contributed by atoms with van der Waals surface area (Å²) in [6.07, 6.45) is 25.6. The van der Waals surface area contributed by atoms with Gasteiger partial charge < -0.3 is 0 Å². The predicted octanol–water partition coefficient (Wildman–Crippen LogP) is 5.80. The molecule has 0 amide bonds. The molecule has 0 aliphatic heterocycles. The molecule has 0 aliphatic rings. The zero-order chi connectivity index (χ0) is 12.6. The summed E-state index contributed by atoms with van der Waals surface area (Å²) in [5.74, 6) is 0. The van der Waals surface area contributed by atoms with E-state index in [4.69, 9.17) is 0 Å². The lowest BCUT2D eigenvalue weighted by molar-refractivity contribution is 0.688. The molecule has 0 saturated heterocycles. The quantitative estimate of drug-likeness (QED) is 0.311. The maximum atomic E-state index is 3.61. The summed E-state index contributed by atoms with van der Waals surface area (Å²) < 4.78 is 0. The molecule has 95 valence electrons. The molecular weight excluding hydrogens is 204 g/mol. The van der Waals surface area contributed by atoms with Gasteiger partial charge in [0.25, 0.3) is 0 Å². The van der Waals surface area contributed by atoms with Gasteiger partial charge in [0.15, 0.2) is 0 Å². The second kappa shape index (κ2) is 15.0. The summed E-state index contributed by atoms with van der Waals surface area (Å²) in [4.78, 5) is 0. The van der Waals surface area contributed by atoms with Gasteiger partial charge in [-0.2, -0.15) is 0 Å². The Labute approximate surface area is 108 Å². The maximum Gasteiger partial charge on any atom is -0.0348 e. The Kier molecular flexibility index (Phi) is 14.0. The van der Waals surface area contributed by atoms with Crippen molar-refractivity contribution in [2.45, 2.75) is 51.9 Å². The van der Waals surface area contributed by atoms with Crippen LogP contribution in [0.5, 0.6) is 0 Å². The van der Waals surface area contributed by atoms with E-state index in [1.165, 1.54) is 44.9 Å². The molecule has 0 aromatic carbocycles. The third kappa shape index (κ3) is 15.0. The normalized spacial score (nSPS) is 12.1. The Morgan fingerprint density at radius 2 is 1.41 bits per heavy atom. The molecule has 0 spiro atoms. The fourth-order valence-corrected chi connectivity index (χ4v) is 1.49. The highest BCUT2D eigenvalue weighted by Gasteiger charge is 1.89. The zero-order valence-corrected chi connectivity index (χ0v) is 11.3. The van der Waals surface area contributed by atoms with Crippen molar-refractivity contribution in [3.05, 3.63) is 55.5 Å². The van der Waals surface area contributed by atoms with Gasteiger partial charge in [-0.3, -0.25) is 0 Å². The lowest BCUT2D eigenvalue weighted by Crippen LogP contribution is -1.79. The molecule has 0 fully saturated rings. The summed E-state index contributed by atoms with van der Waals surface area (Å²) in [5.41, 5.74) is 0. The third-order valence-electron chi connectivity index (χ3n) is 2.51. The van der Waals surface area contributed by atoms with E-state index < -0.39 is 0 Å². The Bertz CT molecular complexity index is 230. The fraction of sp³-hybridized carbons (Fsp3) is 0.471. The highest BCUT2D eigenvalue weighted by atomic mass is 13.9. The topological polar surface area (TPSA) is 0 Å². The number of unbranched alkanes of at least 4 members (excludes halogenated alkanes) is 7. The van der Waals surface area contributed by atoms with E-state index in [1.54, 1.807) is 6.08 Å². The van der Waals surface area contributed by atoms with Crippen molar-refractivity contribution in [2.24, 2.45) is 0 Å². The SMILES string of the molecule is C=C/C=C/C=C/C=C/CCCC[CH]CCCC. The molecule has 0 heterocycles. The number of hydrogen-bond donors (Lipinski definition) is 0. The van der Waals surface area contributed by atoms with Crippen molar-refractivity contribution in [3.63, 3.8) is 0 Å². The van der Waals surface area contributed by atoms with Crippen molar-refractivity contribution in [3.8, 4) is 0 Å². The summed E-state index contributed by atoms with van der Waals surface area (Å²) in [6.45, 7) is 5.86. The second-order valence-electron chi connectivity index (χ2n) is 4.15. The number of hydrogen-bond acceptors (Lipinski definition) is 0. The average molecular weight is 231 g/mol. The van der Waals surface area contributed by atoms with E-state index >= 15 is 0 Å². The molecule has 0 atom stereocenters. The van der Waals surface area contributed by atoms with Crippen LogP contribution >= 0.6 is 0 Å². The van der Waals surface area contributed by atoms with Crippen molar-refractivity contribution in [1.29, 1.82) is 0 Å². The van der Waals surface area contributed by atoms with Gasteiger partial charge in [-0.1, -0.05) is 88.1 Å². The van der Waals surface area contributed by atoms with Gasteiger partial charge in [0.2, 0.25) is 0 Å². The van der Waals surface area contributed by atoms with Gasteiger partial charge in [0.05, 0.1) is 0 Å². The molecule has 0 aromatic heterocycles. The van der Waals surface area contributed by atoms with E-state index in [2.05, 4.69) is 38.2 Å². The molecule has 0 bridgehead atoms. The van der Waals surface area contributed by atoms with Gasteiger partial charge in [0.1, 0.15) is 0 Å². The largest absolute Gasteiger partial charge is 0.0991 e. The molecule has 0 nitrogen and oxygen atoms in total. The van der Waals surface area contributed by atoms with Crippen LogP contribution in [0.4, 0.5) is 0 Å². The molecular formula is C17H27. The minimum absolute atomic E-state index is 1.19. The number of rotatable bonds is 11. The van der Waals surface area contributed by atoms with Crippen molar-refractivity contribution < 1.29 is 0 Å². The fourth-order valence-electron chi connectivity index (χ4n) is 1.49. The molecule has 0 heteroatoms. The summed E-state index contributed by atoms with van der Waals surface area (Å²) in [7, 11) is 0. The maximum absolute atomic E-state index is 3.61. The first kappa shape index (κ1) is 16.0. The number of allylic oxidation sites excluding steroid dienone is 7. The Balaban J connectivity index is 3.21. The highest BCUT2D eigenvalue weighted by molar-refractivity contribution is 5.14. The smallest absolute Gasteiger partial charge is 0.0348 e. The van der Waals surface area contributed by atoms with Gasteiger partial charge in [0, 0.05) is 0 Å². The Morgan fingerprint density at radius 3 is 2.18 bits per heavy atom. The van der Waals surface area contributed by atoms with Crippen LogP contribution in [0.1, 0.15) is 51.9 Å². The summed E-state index contributed by atoms with van der Waals surface area (Å²) in [5, 5.41) is 0. The van der Waals surface area contributed by atoms with Gasteiger partial charge in [-0.05, 0) is 19.3 Å². The first-order chi connectivity index (χ1) is 8.41. The van der Waals surface area contributed by atoms with Crippen LogP contribution in [0.25, 0.3) is 0 Å². The lowest BCUT2D eigenvalue weighted by atomic mass is 10.1. The van der Waals surface area contributed by atoms with E-state index in [-0.39, 0.29) is 0 Å². The van der Waals surface area contributed by atoms with Crippen LogP contribution in [-0.4, -0.2) is 0 Å². The highest BCUT2D eigenvalue weighted by Crippen LogP contribution is 2.07. The summed E-state index contributed by atoms with van der Waals surface area (Å²) >= 11 is 0. The van der Waals surface area contributed by atoms with Gasteiger partial charge >= 0.3 is 0 Å². The molecule has 0 rings (SSSR count). The molecule has 0 saturated carbocycles. The lowest BCUT2D eigenvalue weighted by Gasteiger charge is -1.98. The zero-order valence-electron chi connectivity index (χ0n) is 11.3. The van der Waals surface area contributed by atoms with Crippen LogP contribution in [-0.2, 0) is 0 Å². The minimum Gasteiger partial charge on any atom is -0.0991 e. The van der Waals surface area contributed by atoms with Crippen LogP contribution in [0.3, 0.4) is 0 Å². The van der Waals surface area contributed by atoms with Crippen LogP contribution < -0.4 is 0 Å². The van der Waals surface area contributed by atoms with Crippen LogP contribution in [0.2, 0.25) is 0 Å². The predicted molar refractivity (Wildman–Crippen MR) is 79.9 cm³/mol. The average Bonchev–Trinajstić information content (AvgIpc) is 2.35. The van der Waals surface area contributed by atoms with Crippen molar-refractivity contribution >= 4 is 0 Å². The van der Waals surface area contributed by atoms with Crippen LogP contribution in [0.15, 0.2) is 49.1 Å². The summed E-state index contributed by atoms with van der Waals surface area (Å²) in [6, 6.07) is 0. The first-order valence-corrected chi connectivity index (χ1v) is 6.84. The molecule has 1 radical (unpaired) electrons. The van der Waals surface area contributed by atoms with Crippen molar-refractivity contribution in [2.75, 3.05) is 0 Å². The van der Waals surface area contributed by atoms with E-state index in [0.717, 1.165) is 0 Å². The van der Waals surface area contributed by atoms with E-state index in [0.29, 0.717) is 0 Å². The Hall–Kier alpha value is -1.04. The van der Waals surface area contributed by atoms with E-state index in [9.17, 15) is 0 Å². The Morgan fingerprint density at radius 1 is 0.765 bits per heavy atom. The minimum atomic E-state index is 1.19. The first-order valence-electron chi connectivity index (χ1n) is 6.84. The van der Waals surface area contributed by atoms with Crippen molar-refractivity contribution in [1.82, 2.24) is 0 Å². The monoisotopic (exact) mass is 231 g/mol. The third-order valence-corrected chi connectivity index (χ3v) is 2.51. The molecule has 0 unspecified atom stereocenters. The molecule has 17 heavy (non-hydrogen) atoms. The van der Waals surface area contributed by atoms with E-state index in [1.807, 2.05) is 18.2 Å². The standard InChI is InChI=1S/C17H27/c1-3-5-7-9-11-13-15-17-16-14-12-10-8-6-4-2/h3,5,7,9-11,13,15H,1,4,6,8,12,14,16-17H2,2H3/b7-5+,11-9+,15-13+. The van der Waals surface area contributed by atoms with Crippen LogP contribution in [0, 0.1) is 6.42 Å². The second-order valence-corrected chi connectivity index (χ2v) is 4.15. The molecule has 0 aromatic rings. The molecule has 0 N–H and O–H groups in total. The van der Waals surface area contributed by atoms with Gasteiger partial charge in [-0.25, -0.2) is 0 Å².